The average molecular weight is 359 g/mol. The molecule has 0 aliphatic carbocycles. The topological polar surface area (TPSA) is 22.0 Å². The van der Waals surface area contributed by atoms with E-state index < -0.39 is 23.5 Å². The van der Waals surface area contributed by atoms with Crippen LogP contribution in [0.3, 0.4) is 0 Å². The third kappa shape index (κ3) is 2.66. The van der Waals surface area contributed by atoms with Crippen LogP contribution in [0.1, 0.15) is 22.9 Å². The van der Waals surface area contributed by atoms with E-state index in [1.54, 1.807) is 24.3 Å². The Hall–Kier alpha value is -2.47. The van der Waals surface area contributed by atoms with Crippen molar-refractivity contribution in [1.82, 2.24) is 4.57 Å². The minimum atomic E-state index is -4.62. The minimum absolute atomic E-state index is 0.670. The zero-order valence-corrected chi connectivity index (χ0v) is 13.6. The number of nitrogens with zero attached hydrogens (tertiary/aromatic N) is 1. The zero-order valence-electron chi connectivity index (χ0n) is 12.8. The Morgan fingerprint density at radius 3 is 1.92 bits per heavy atom. The summed E-state index contributed by atoms with van der Waals surface area (Å²) >= 11 is 1.50. The van der Waals surface area contributed by atoms with E-state index in [9.17, 15) is 18.0 Å². The van der Waals surface area contributed by atoms with Gasteiger partial charge in [-0.2, -0.15) is 13.2 Å². The van der Waals surface area contributed by atoms with E-state index in [0.717, 1.165) is 26.5 Å². The Kier molecular flexibility index (Phi) is 3.72. The Balaban J connectivity index is 2.07. The first-order chi connectivity index (χ1) is 12.0. The summed E-state index contributed by atoms with van der Waals surface area (Å²) in [6.07, 6.45) is -4.62. The van der Waals surface area contributed by atoms with E-state index in [2.05, 4.69) is 0 Å². The molecule has 2 heterocycles. The van der Waals surface area contributed by atoms with E-state index in [1.807, 2.05) is 24.3 Å². The highest BCUT2D eigenvalue weighted by atomic mass is 32.2. The number of aromatic nitrogens is 1. The fourth-order valence-corrected chi connectivity index (χ4v) is 4.29. The Bertz CT molecular complexity index is 964. The van der Waals surface area contributed by atoms with Crippen molar-refractivity contribution in [1.29, 1.82) is 0 Å². The lowest BCUT2D eigenvalue weighted by Gasteiger charge is -2.31. The third-order valence-electron chi connectivity index (χ3n) is 4.19. The summed E-state index contributed by atoms with van der Waals surface area (Å²) in [6.45, 7) is 0. The molecule has 1 aliphatic rings. The van der Waals surface area contributed by atoms with Gasteiger partial charge >= 0.3 is 6.18 Å². The molecule has 0 atom stereocenters. The fraction of sp³-hybridized carbons (Fsp3) is 0.105. The Labute approximate surface area is 145 Å². The molecule has 0 fully saturated rings. The van der Waals surface area contributed by atoms with Gasteiger partial charge in [0.2, 0.25) is 0 Å². The predicted molar refractivity (Wildman–Crippen MR) is 90.0 cm³/mol. The lowest BCUT2D eigenvalue weighted by Crippen LogP contribution is -2.33. The molecule has 25 heavy (non-hydrogen) atoms. The van der Waals surface area contributed by atoms with Crippen molar-refractivity contribution in [2.45, 2.75) is 22.0 Å². The van der Waals surface area contributed by atoms with Gasteiger partial charge in [0.25, 0.3) is 5.56 Å². The van der Waals surface area contributed by atoms with Crippen molar-refractivity contribution in [2.24, 2.45) is 0 Å². The molecule has 1 aromatic heterocycles. The van der Waals surface area contributed by atoms with Crippen molar-refractivity contribution in [3.63, 3.8) is 0 Å². The van der Waals surface area contributed by atoms with Crippen LogP contribution in [-0.4, -0.2) is 4.57 Å². The molecule has 2 nitrogen and oxygen atoms in total. The van der Waals surface area contributed by atoms with Crippen LogP contribution in [0.4, 0.5) is 13.2 Å². The van der Waals surface area contributed by atoms with Crippen LogP contribution in [0, 0.1) is 0 Å². The zero-order chi connectivity index (χ0) is 17.6. The summed E-state index contributed by atoms with van der Waals surface area (Å²) in [7, 11) is 0. The number of hydrogen-bond acceptors (Lipinski definition) is 2. The second-order valence-electron chi connectivity index (χ2n) is 5.70. The molecule has 0 saturated carbocycles. The molecule has 1 aliphatic heterocycles. The average Bonchev–Trinajstić information content (AvgIpc) is 2.59. The van der Waals surface area contributed by atoms with Gasteiger partial charge in [-0.3, -0.25) is 9.36 Å². The van der Waals surface area contributed by atoms with Crippen LogP contribution < -0.4 is 5.56 Å². The largest absolute Gasteiger partial charge is 0.431 e. The molecule has 0 spiro atoms. The molecular weight excluding hydrogens is 347 g/mol. The van der Waals surface area contributed by atoms with Gasteiger partial charge in [0.1, 0.15) is 5.69 Å². The number of benzene rings is 2. The molecule has 0 unspecified atom stereocenters. The van der Waals surface area contributed by atoms with Crippen LogP contribution in [0.25, 0.3) is 0 Å². The molecule has 0 bridgehead atoms. The molecule has 0 amide bonds. The van der Waals surface area contributed by atoms with Crippen LogP contribution in [0.2, 0.25) is 0 Å². The normalized spacial score (nSPS) is 14.0. The number of hydrogen-bond donors (Lipinski definition) is 0. The first kappa shape index (κ1) is 16.0. The van der Waals surface area contributed by atoms with Crippen LogP contribution in [0.5, 0.6) is 0 Å². The van der Waals surface area contributed by atoms with Gasteiger partial charge in [0.05, 0.1) is 6.04 Å². The van der Waals surface area contributed by atoms with E-state index in [0.29, 0.717) is 11.1 Å². The van der Waals surface area contributed by atoms with Crippen molar-refractivity contribution in [3.05, 3.63) is 93.9 Å². The van der Waals surface area contributed by atoms with Crippen molar-refractivity contribution >= 4 is 11.8 Å². The summed E-state index contributed by atoms with van der Waals surface area (Å²) in [5.41, 5.74) is -0.215. The molecule has 0 N–H and O–H groups in total. The highest BCUT2D eigenvalue weighted by Crippen LogP contribution is 2.47. The summed E-state index contributed by atoms with van der Waals surface area (Å²) in [4.78, 5) is 14.2. The molecule has 4 rings (SSSR count). The molecular formula is C19H12F3NOS. The van der Waals surface area contributed by atoms with Gasteiger partial charge in [0.15, 0.2) is 0 Å². The summed E-state index contributed by atoms with van der Waals surface area (Å²) in [5.74, 6) is 0. The smallest absolute Gasteiger partial charge is 0.293 e. The molecule has 6 heteroatoms. The van der Waals surface area contributed by atoms with Crippen molar-refractivity contribution in [2.75, 3.05) is 0 Å². The van der Waals surface area contributed by atoms with Gasteiger partial charge in [0, 0.05) is 15.9 Å². The second-order valence-corrected chi connectivity index (χ2v) is 6.78. The van der Waals surface area contributed by atoms with Crippen LogP contribution in [0.15, 0.2) is 81.3 Å². The van der Waals surface area contributed by atoms with E-state index in [4.69, 9.17) is 0 Å². The highest BCUT2D eigenvalue weighted by molar-refractivity contribution is 7.99. The predicted octanol–water partition coefficient (Wildman–Crippen LogP) is 4.97. The van der Waals surface area contributed by atoms with Gasteiger partial charge < -0.3 is 0 Å². The monoisotopic (exact) mass is 359 g/mol. The Morgan fingerprint density at radius 2 is 1.36 bits per heavy atom. The molecule has 126 valence electrons. The van der Waals surface area contributed by atoms with Crippen LogP contribution >= 0.6 is 11.8 Å². The van der Waals surface area contributed by atoms with Gasteiger partial charge in [-0.15, -0.1) is 0 Å². The quantitative estimate of drug-likeness (QED) is 0.479. The molecule has 2 aromatic carbocycles. The summed E-state index contributed by atoms with van der Waals surface area (Å²) < 4.78 is 41.6. The lowest BCUT2D eigenvalue weighted by atomic mass is 9.96. The van der Waals surface area contributed by atoms with Gasteiger partial charge in [-0.1, -0.05) is 54.2 Å². The maximum atomic E-state index is 13.6. The van der Waals surface area contributed by atoms with E-state index >= 15 is 0 Å². The third-order valence-corrected chi connectivity index (χ3v) is 5.37. The number of halogens is 3. The first-order valence-corrected chi connectivity index (χ1v) is 8.43. The van der Waals surface area contributed by atoms with Crippen molar-refractivity contribution in [3.8, 4) is 0 Å². The fourth-order valence-electron chi connectivity index (χ4n) is 3.16. The standard InChI is InChI=1S/C19H12F3NOS/c20-19(21,22)16-10-5-11-17(24)23(16)18-12-6-1-3-8-14(12)25-15-9-4-2-7-13(15)18/h1-11,18H. The van der Waals surface area contributed by atoms with Gasteiger partial charge in [-0.05, 0) is 29.3 Å². The van der Waals surface area contributed by atoms with Crippen LogP contribution in [-0.2, 0) is 6.18 Å². The maximum Gasteiger partial charge on any atom is 0.431 e. The lowest BCUT2D eigenvalue weighted by molar-refractivity contribution is -0.144. The molecule has 0 radical (unpaired) electrons. The van der Waals surface area contributed by atoms with Gasteiger partial charge in [-0.25, -0.2) is 0 Å². The first-order valence-electron chi connectivity index (χ1n) is 7.61. The number of alkyl halides is 3. The SMILES string of the molecule is O=c1cccc(C(F)(F)F)n1C1c2ccccc2Sc2ccccc21. The van der Waals surface area contributed by atoms with Crippen molar-refractivity contribution < 1.29 is 13.2 Å². The Morgan fingerprint density at radius 1 is 0.800 bits per heavy atom. The maximum absolute atomic E-state index is 13.6. The number of rotatable bonds is 1. The molecule has 0 saturated heterocycles. The minimum Gasteiger partial charge on any atom is -0.293 e. The number of fused-ring (bicyclic) bond motifs is 2. The molecule has 3 aromatic rings. The van der Waals surface area contributed by atoms with E-state index in [1.165, 1.54) is 17.8 Å². The summed E-state index contributed by atoms with van der Waals surface area (Å²) in [5, 5.41) is 0. The van der Waals surface area contributed by atoms with E-state index in [-0.39, 0.29) is 0 Å². The second kappa shape index (κ2) is 5.81. The highest BCUT2D eigenvalue weighted by Gasteiger charge is 2.38. The number of pyridine rings is 1. The summed E-state index contributed by atoms with van der Waals surface area (Å²) in [6, 6.07) is 17.0.